The molecule has 0 aromatic rings. The van der Waals surface area contributed by atoms with Crippen molar-refractivity contribution in [3.8, 4) is 0 Å². The lowest BCUT2D eigenvalue weighted by Crippen LogP contribution is -1.85. The van der Waals surface area contributed by atoms with Crippen LogP contribution in [0.4, 0.5) is 4.79 Å². The second-order valence-corrected chi connectivity index (χ2v) is 4.39. The number of hydrogen-bond donors (Lipinski definition) is 0. The van der Waals surface area contributed by atoms with Crippen molar-refractivity contribution >= 4 is 39.7 Å². The molecule has 0 heterocycles. The lowest BCUT2D eigenvalue weighted by Gasteiger charge is -1.93. The van der Waals surface area contributed by atoms with Crippen molar-refractivity contribution in [2.75, 3.05) is 24.0 Å². The van der Waals surface area contributed by atoms with Crippen molar-refractivity contribution in [2.45, 2.75) is 0 Å². The Balaban J connectivity index is 2.97. The van der Waals surface area contributed by atoms with E-state index in [0.29, 0.717) is 0 Å². The van der Waals surface area contributed by atoms with Crippen LogP contribution in [0.3, 0.4) is 0 Å². The minimum Gasteiger partial charge on any atom is -0.274 e. The predicted molar refractivity (Wildman–Crippen MR) is 49.8 cm³/mol. The molecule has 0 atom stereocenters. The van der Waals surface area contributed by atoms with Crippen LogP contribution in [0.1, 0.15) is 0 Å². The Kier molecular flexibility index (Phi) is 7.38. The third-order valence-electron chi connectivity index (χ3n) is 0.674. The van der Waals surface area contributed by atoms with Crippen LogP contribution in [-0.2, 0) is 0 Å². The Labute approximate surface area is 68.7 Å². The number of rotatable bonds is 3. The highest BCUT2D eigenvalue weighted by molar-refractivity contribution is 8.38. The van der Waals surface area contributed by atoms with E-state index in [4.69, 9.17) is 0 Å². The maximum atomic E-state index is 10.6. The first-order chi connectivity index (χ1) is 4.31. The summed E-state index contributed by atoms with van der Waals surface area (Å²) in [4.78, 5) is 10.6. The third kappa shape index (κ3) is 6.61. The normalized spacial score (nSPS) is 9.56. The van der Waals surface area contributed by atoms with E-state index in [0.717, 1.165) is 11.5 Å². The summed E-state index contributed by atoms with van der Waals surface area (Å²) in [6.07, 6.45) is 3.86. The van der Waals surface area contributed by atoms with Crippen LogP contribution in [0.5, 0.6) is 0 Å². The molecular weight excluding hydrogens is 172 g/mol. The van der Waals surface area contributed by atoms with Crippen molar-refractivity contribution in [2.24, 2.45) is 0 Å². The van der Waals surface area contributed by atoms with E-state index >= 15 is 0 Å². The van der Waals surface area contributed by atoms with Gasteiger partial charge in [-0.1, -0.05) is 23.5 Å². The Morgan fingerprint density at radius 2 is 2.00 bits per heavy atom. The maximum Gasteiger partial charge on any atom is 0.245 e. The number of hydrogen-bond acceptors (Lipinski definition) is 4. The molecule has 0 unspecified atom stereocenters. The van der Waals surface area contributed by atoms with Crippen molar-refractivity contribution < 1.29 is 4.79 Å². The highest BCUT2D eigenvalue weighted by atomic mass is 32.2. The van der Waals surface area contributed by atoms with Crippen molar-refractivity contribution in [1.82, 2.24) is 0 Å². The molecule has 0 radical (unpaired) electrons. The summed E-state index contributed by atoms with van der Waals surface area (Å²) in [5.41, 5.74) is 0. The largest absolute Gasteiger partial charge is 0.274 e. The maximum absolute atomic E-state index is 10.6. The van der Waals surface area contributed by atoms with E-state index in [9.17, 15) is 4.79 Å². The van der Waals surface area contributed by atoms with Crippen molar-refractivity contribution in [3.63, 3.8) is 0 Å². The molecule has 0 saturated heterocycles. The van der Waals surface area contributed by atoms with E-state index in [2.05, 4.69) is 0 Å². The smallest absolute Gasteiger partial charge is 0.245 e. The Morgan fingerprint density at radius 3 is 2.44 bits per heavy atom. The minimum atomic E-state index is 0.226. The standard InChI is InChI=1S/C5H10OS3/c1-7-3-4-9-5(6)8-2/h3-4H2,1-2H3. The van der Waals surface area contributed by atoms with Gasteiger partial charge < -0.3 is 0 Å². The molecule has 0 rings (SSSR count). The monoisotopic (exact) mass is 182 g/mol. The Morgan fingerprint density at radius 1 is 1.33 bits per heavy atom. The summed E-state index contributed by atoms with van der Waals surface area (Å²) in [5.74, 6) is 2.01. The van der Waals surface area contributed by atoms with E-state index < -0.39 is 0 Å². The topological polar surface area (TPSA) is 17.1 Å². The molecule has 0 aromatic heterocycles. The van der Waals surface area contributed by atoms with Gasteiger partial charge in [-0.25, -0.2) is 0 Å². The lowest BCUT2D eigenvalue weighted by atomic mass is 11.0. The zero-order valence-corrected chi connectivity index (χ0v) is 8.00. The van der Waals surface area contributed by atoms with Gasteiger partial charge in [0.05, 0.1) is 0 Å². The molecule has 0 bridgehead atoms. The molecule has 0 N–H and O–H groups in total. The first-order valence-electron chi connectivity index (χ1n) is 2.51. The fourth-order valence-electron chi connectivity index (χ4n) is 0.267. The summed E-state index contributed by atoms with van der Waals surface area (Å²) in [6.45, 7) is 0. The van der Waals surface area contributed by atoms with Gasteiger partial charge in [0.1, 0.15) is 0 Å². The quantitative estimate of drug-likeness (QED) is 0.624. The van der Waals surface area contributed by atoms with Gasteiger partial charge in [0, 0.05) is 11.5 Å². The van der Waals surface area contributed by atoms with E-state index in [-0.39, 0.29) is 4.45 Å². The van der Waals surface area contributed by atoms with Gasteiger partial charge in [0.2, 0.25) is 4.45 Å². The number of carbonyl (C=O) groups excluding carboxylic acids is 1. The Hall–Kier alpha value is 0.720. The van der Waals surface area contributed by atoms with Gasteiger partial charge in [0.15, 0.2) is 0 Å². The van der Waals surface area contributed by atoms with Crippen LogP contribution < -0.4 is 0 Å². The molecule has 54 valence electrons. The second kappa shape index (κ2) is 6.83. The van der Waals surface area contributed by atoms with Gasteiger partial charge in [-0.15, -0.1) is 0 Å². The summed E-state index contributed by atoms with van der Waals surface area (Å²) >= 11 is 4.47. The molecule has 4 heteroatoms. The second-order valence-electron chi connectivity index (χ2n) is 1.30. The molecular formula is C5H10OS3. The van der Waals surface area contributed by atoms with Gasteiger partial charge >= 0.3 is 0 Å². The van der Waals surface area contributed by atoms with Crippen LogP contribution in [-0.4, -0.2) is 28.5 Å². The van der Waals surface area contributed by atoms with Crippen molar-refractivity contribution in [1.29, 1.82) is 0 Å². The molecule has 0 fully saturated rings. The molecule has 0 aromatic carbocycles. The van der Waals surface area contributed by atoms with Crippen LogP contribution >= 0.6 is 35.3 Å². The summed E-state index contributed by atoms with van der Waals surface area (Å²) in [7, 11) is 0. The first kappa shape index (κ1) is 9.72. The van der Waals surface area contributed by atoms with Gasteiger partial charge in [-0.2, -0.15) is 11.8 Å². The Bertz CT molecular complexity index is 84.3. The number of thioether (sulfide) groups is 3. The average Bonchev–Trinajstić information content (AvgIpc) is 1.89. The molecule has 9 heavy (non-hydrogen) atoms. The van der Waals surface area contributed by atoms with Crippen LogP contribution in [0.2, 0.25) is 0 Å². The molecule has 1 nitrogen and oxygen atoms in total. The first-order valence-corrected chi connectivity index (χ1v) is 6.11. The highest BCUT2D eigenvalue weighted by Gasteiger charge is 1.96. The molecule has 0 aliphatic heterocycles. The van der Waals surface area contributed by atoms with E-state index in [1.165, 1.54) is 23.5 Å². The molecule has 0 amide bonds. The van der Waals surface area contributed by atoms with Crippen molar-refractivity contribution in [3.05, 3.63) is 0 Å². The molecule has 0 saturated carbocycles. The molecule has 0 spiro atoms. The predicted octanol–water partition coefficient (Wildman–Crippen LogP) is 2.57. The summed E-state index contributed by atoms with van der Waals surface area (Å²) in [6, 6.07) is 0. The lowest BCUT2D eigenvalue weighted by molar-refractivity contribution is 0.276. The molecule has 0 aliphatic carbocycles. The fraction of sp³-hybridized carbons (Fsp3) is 0.800. The minimum absolute atomic E-state index is 0.226. The fourth-order valence-corrected chi connectivity index (χ4v) is 2.16. The van der Waals surface area contributed by atoms with Crippen LogP contribution in [0.15, 0.2) is 0 Å². The summed E-state index contributed by atoms with van der Waals surface area (Å²) < 4.78 is 0.226. The van der Waals surface area contributed by atoms with Crippen LogP contribution in [0, 0.1) is 0 Å². The third-order valence-corrected chi connectivity index (χ3v) is 3.38. The van der Waals surface area contributed by atoms with Gasteiger partial charge in [0.25, 0.3) is 0 Å². The molecule has 0 aliphatic rings. The van der Waals surface area contributed by atoms with E-state index in [1.54, 1.807) is 11.8 Å². The van der Waals surface area contributed by atoms with Gasteiger partial charge in [-0.3, -0.25) is 4.79 Å². The van der Waals surface area contributed by atoms with E-state index in [1.807, 2.05) is 12.5 Å². The average molecular weight is 182 g/mol. The highest BCUT2D eigenvalue weighted by Crippen LogP contribution is 2.14. The van der Waals surface area contributed by atoms with Gasteiger partial charge in [-0.05, 0) is 12.5 Å². The SMILES string of the molecule is CSCCSC(=O)SC. The zero-order valence-electron chi connectivity index (χ0n) is 5.55. The summed E-state index contributed by atoms with van der Waals surface area (Å²) in [5, 5.41) is 0. The number of carbonyl (C=O) groups is 1. The van der Waals surface area contributed by atoms with Crippen LogP contribution in [0.25, 0.3) is 0 Å². The zero-order chi connectivity index (χ0) is 7.11.